The molecule has 2 heterocycles. The first kappa shape index (κ1) is 18.2. The largest absolute Gasteiger partial charge is 0.508 e. The molecule has 0 bridgehead atoms. The predicted octanol–water partition coefficient (Wildman–Crippen LogP) is 2.66. The van der Waals surface area contributed by atoms with Crippen molar-refractivity contribution >= 4 is 17.6 Å². The van der Waals surface area contributed by atoms with E-state index in [1.165, 1.54) is 6.42 Å². The van der Waals surface area contributed by atoms with E-state index < -0.39 is 0 Å². The molecule has 1 saturated heterocycles. The smallest absolute Gasteiger partial charge is 0.323 e. The van der Waals surface area contributed by atoms with E-state index in [1.807, 2.05) is 6.92 Å². The number of phenolic OH excluding ortho intramolecular Hbond substituents is 1. The summed E-state index contributed by atoms with van der Waals surface area (Å²) in [6.07, 6.45) is 3.31. The summed E-state index contributed by atoms with van der Waals surface area (Å²) in [7, 11) is 0. The Morgan fingerprint density at radius 2 is 1.96 bits per heavy atom. The summed E-state index contributed by atoms with van der Waals surface area (Å²) in [4.78, 5) is 13.2. The van der Waals surface area contributed by atoms with Crippen molar-refractivity contribution in [2.24, 2.45) is 0 Å². The van der Waals surface area contributed by atoms with Gasteiger partial charge in [0.1, 0.15) is 5.75 Å². The van der Waals surface area contributed by atoms with Crippen LogP contribution in [0.25, 0.3) is 0 Å². The molecule has 2 aromatic rings. The number of anilines is 3. The van der Waals surface area contributed by atoms with E-state index >= 15 is 0 Å². The van der Waals surface area contributed by atoms with Crippen molar-refractivity contribution < 1.29 is 9.84 Å². The molecule has 4 N–H and O–H groups in total. The topological polar surface area (TPSA) is 104 Å². The van der Waals surface area contributed by atoms with Crippen molar-refractivity contribution in [1.29, 1.82) is 0 Å². The van der Waals surface area contributed by atoms with Crippen molar-refractivity contribution in [3.05, 3.63) is 24.3 Å². The van der Waals surface area contributed by atoms with Gasteiger partial charge in [0.25, 0.3) is 0 Å². The number of nitrogens with zero attached hydrogens (tertiary/aromatic N) is 3. The molecule has 140 valence electrons. The van der Waals surface area contributed by atoms with Gasteiger partial charge in [-0.3, -0.25) is 0 Å². The first-order valence-electron chi connectivity index (χ1n) is 9.12. The number of aromatic hydroxyl groups is 1. The molecule has 1 aliphatic heterocycles. The molecule has 3 rings (SSSR count). The van der Waals surface area contributed by atoms with Crippen LogP contribution in [0.2, 0.25) is 0 Å². The molecular weight excluding hydrogens is 332 g/mol. The number of hydrogen-bond acceptors (Lipinski definition) is 8. The number of hydrogen-bond donors (Lipinski definition) is 4. The van der Waals surface area contributed by atoms with Crippen LogP contribution < -0.4 is 20.7 Å². The number of phenols is 1. The number of nitrogens with one attached hydrogen (secondary N) is 3. The summed E-state index contributed by atoms with van der Waals surface area (Å²) in [5.74, 6) is 1.09. The van der Waals surface area contributed by atoms with Crippen LogP contribution in [-0.4, -0.2) is 45.3 Å². The van der Waals surface area contributed by atoms with Crippen LogP contribution in [0.1, 0.15) is 33.1 Å². The molecule has 8 heteroatoms. The zero-order chi connectivity index (χ0) is 18.4. The summed E-state index contributed by atoms with van der Waals surface area (Å²) in [5, 5.41) is 19.5. The number of rotatable bonds is 8. The van der Waals surface area contributed by atoms with E-state index in [2.05, 4.69) is 37.8 Å². The second kappa shape index (κ2) is 8.66. The summed E-state index contributed by atoms with van der Waals surface area (Å²) in [5.41, 5.74) is 0.770. The van der Waals surface area contributed by atoms with Gasteiger partial charge in [0.15, 0.2) is 0 Å². The Bertz CT molecular complexity index is 703. The van der Waals surface area contributed by atoms with Crippen molar-refractivity contribution in [2.45, 2.75) is 45.2 Å². The van der Waals surface area contributed by atoms with Gasteiger partial charge in [-0.2, -0.15) is 15.0 Å². The van der Waals surface area contributed by atoms with Crippen LogP contribution in [0.4, 0.5) is 17.6 Å². The fourth-order valence-electron chi connectivity index (χ4n) is 3.05. The Labute approximate surface area is 153 Å². The first-order valence-corrected chi connectivity index (χ1v) is 9.12. The lowest BCUT2D eigenvalue weighted by Gasteiger charge is -2.24. The third kappa shape index (κ3) is 4.72. The van der Waals surface area contributed by atoms with Gasteiger partial charge in [-0.25, -0.2) is 0 Å². The van der Waals surface area contributed by atoms with Crippen molar-refractivity contribution in [2.75, 3.05) is 23.8 Å². The zero-order valence-corrected chi connectivity index (χ0v) is 15.2. The SMILES string of the molecule is CCOc1nc(Nc2ccc(O)cc2)nc(NC(CC)C2CCCN2)n1. The molecule has 26 heavy (non-hydrogen) atoms. The van der Waals surface area contributed by atoms with Crippen molar-refractivity contribution in [1.82, 2.24) is 20.3 Å². The maximum Gasteiger partial charge on any atom is 0.323 e. The van der Waals surface area contributed by atoms with Crippen LogP contribution in [0, 0.1) is 0 Å². The minimum absolute atomic E-state index is 0.207. The van der Waals surface area contributed by atoms with Gasteiger partial charge in [-0.15, -0.1) is 0 Å². The van der Waals surface area contributed by atoms with Gasteiger partial charge in [0.05, 0.1) is 6.61 Å². The third-order valence-electron chi connectivity index (χ3n) is 4.35. The molecule has 8 nitrogen and oxygen atoms in total. The zero-order valence-electron chi connectivity index (χ0n) is 15.2. The highest BCUT2D eigenvalue weighted by atomic mass is 16.5. The lowest BCUT2D eigenvalue weighted by molar-refractivity contribution is 0.312. The summed E-state index contributed by atoms with van der Waals surface area (Å²) >= 11 is 0. The van der Waals surface area contributed by atoms with E-state index in [-0.39, 0.29) is 17.8 Å². The predicted molar refractivity (Wildman–Crippen MR) is 101 cm³/mol. The van der Waals surface area contributed by atoms with Crippen molar-refractivity contribution in [3.63, 3.8) is 0 Å². The number of aromatic nitrogens is 3. The lowest BCUT2D eigenvalue weighted by Crippen LogP contribution is -2.40. The molecular formula is C18H26N6O2. The maximum atomic E-state index is 9.41. The van der Waals surface area contributed by atoms with Crippen LogP contribution in [0.15, 0.2) is 24.3 Å². The highest BCUT2D eigenvalue weighted by Gasteiger charge is 2.24. The summed E-state index contributed by atoms with van der Waals surface area (Å²) in [6.45, 7) is 5.57. The number of benzene rings is 1. The molecule has 1 aliphatic rings. The quantitative estimate of drug-likeness (QED) is 0.534. The Hall–Kier alpha value is -2.61. The maximum absolute atomic E-state index is 9.41. The third-order valence-corrected chi connectivity index (χ3v) is 4.35. The van der Waals surface area contributed by atoms with E-state index in [4.69, 9.17) is 4.74 Å². The van der Waals surface area contributed by atoms with Crippen LogP contribution in [0.3, 0.4) is 0 Å². The standard InChI is InChI=1S/C18H26N6O2/c1-3-14(15-6-5-11-19-15)21-17-22-16(23-18(24-17)26-4-2)20-12-7-9-13(25)10-8-12/h7-10,14-15,19,25H,3-6,11H2,1-2H3,(H2,20,21,22,23,24). The minimum Gasteiger partial charge on any atom is -0.508 e. The van der Waals surface area contributed by atoms with Gasteiger partial charge in [-0.1, -0.05) is 6.92 Å². The molecule has 0 radical (unpaired) electrons. The van der Waals surface area contributed by atoms with E-state index in [0.717, 1.165) is 25.1 Å². The van der Waals surface area contributed by atoms with Gasteiger partial charge in [0.2, 0.25) is 11.9 Å². The average Bonchev–Trinajstić information content (AvgIpc) is 3.16. The molecule has 1 fully saturated rings. The van der Waals surface area contributed by atoms with E-state index in [0.29, 0.717) is 24.5 Å². The molecule has 0 spiro atoms. The molecule has 0 aliphatic carbocycles. The van der Waals surface area contributed by atoms with Crippen LogP contribution >= 0.6 is 0 Å². The monoisotopic (exact) mass is 358 g/mol. The van der Waals surface area contributed by atoms with Crippen molar-refractivity contribution in [3.8, 4) is 11.8 Å². The van der Waals surface area contributed by atoms with Gasteiger partial charge >= 0.3 is 6.01 Å². The van der Waals surface area contributed by atoms with Gasteiger partial charge in [0, 0.05) is 17.8 Å². The van der Waals surface area contributed by atoms with E-state index in [1.54, 1.807) is 24.3 Å². The summed E-state index contributed by atoms with van der Waals surface area (Å²) in [6, 6.07) is 7.65. The highest BCUT2D eigenvalue weighted by molar-refractivity contribution is 5.55. The Kier molecular flexibility index (Phi) is 6.06. The molecule has 1 aromatic carbocycles. The molecule has 2 unspecified atom stereocenters. The average molecular weight is 358 g/mol. The minimum atomic E-state index is 0.207. The second-order valence-electron chi connectivity index (χ2n) is 6.23. The Morgan fingerprint density at radius 3 is 2.62 bits per heavy atom. The van der Waals surface area contributed by atoms with Crippen LogP contribution in [-0.2, 0) is 0 Å². The van der Waals surface area contributed by atoms with Gasteiger partial charge in [-0.05, 0) is 57.0 Å². The Morgan fingerprint density at radius 1 is 1.19 bits per heavy atom. The first-order chi connectivity index (χ1) is 12.7. The fourth-order valence-corrected chi connectivity index (χ4v) is 3.05. The summed E-state index contributed by atoms with van der Waals surface area (Å²) < 4.78 is 5.49. The molecule has 2 atom stereocenters. The van der Waals surface area contributed by atoms with Crippen LogP contribution in [0.5, 0.6) is 11.8 Å². The second-order valence-corrected chi connectivity index (χ2v) is 6.23. The van der Waals surface area contributed by atoms with E-state index in [9.17, 15) is 5.11 Å². The Balaban J connectivity index is 1.79. The molecule has 0 saturated carbocycles. The fraction of sp³-hybridized carbons (Fsp3) is 0.500. The molecule has 1 aromatic heterocycles. The van der Waals surface area contributed by atoms with Gasteiger partial charge < -0.3 is 25.8 Å². The highest BCUT2D eigenvalue weighted by Crippen LogP contribution is 2.21. The normalized spacial score (nSPS) is 17.7. The lowest BCUT2D eigenvalue weighted by atomic mass is 10.0. The molecule has 0 amide bonds. The number of ether oxygens (including phenoxy) is 1.